The molecule has 0 atom stereocenters. The number of thiophene rings is 1. The van der Waals surface area contributed by atoms with E-state index in [1.54, 1.807) is 17.5 Å². The van der Waals surface area contributed by atoms with E-state index in [1.807, 2.05) is 6.07 Å². The Morgan fingerprint density at radius 2 is 2.27 bits per heavy atom. The number of hydrogen-bond acceptors (Lipinski definition) is 3. The number of aryl methyl sites for hydroxylation is 1. The van der Waals surface area contributed by atoms with Crippen molar-refractivity contribution < 1.29 is 4.42 Å². The number of nitrogens with zero attached hydrogens (tertiary/aromatic N) is 1. The second-order valence-corrected chi connectivity index (χ2v) is 6.39. The average Bonchev–Trinajstić information content (AvgIpc) is 2.76. The molecule has 2 aromatic rings. The second-order valence-electron chi connectivity index (χ2n) is 2.79. The average molecular weight is 371 g/mol. The van der Waals surface area contributed by atoms with Gasteiger partial charge in [-0.15, -0.1) is 22.9 Å². The lowest BCUT2D eigenvalue weighted by molar-refractivity contribution is 0.515. The molecule has 0 radical (unpaired) electrons. The first-order chi connectivity index (χ1) is 7.20. The summed E-state index contributed by atoms with van der Waals surface area (Å²) in [7, 11) is 0. The Labute approximate surface area is 113 Å². The number of aromatic nitrogens is 1. The third-order valence-corrected chi connectivity index (χ3v) is 5.21. The summed E-state index contributed by atoms with van der Waals surface area (Å²) in [5, 5.41) is 0. The topological polar surface area (TPSA) is 26.0 Å². The van der Waals surface area contributed by atoms with E-state index in [0.29, 0.717) is 18.2 Å². The third-order valence-electron chi connectivity index (χ3n) is 1.75. The molecule has 2 aromatic heterocycles. The lowest BCUT2D eigenvalue weighted by Gasteiger charge is -1.88. The second kappa shape index (κ2) is 4.99. The molecule has 0 amide bonds. The summed E-state index contributed by atoms with van der Waals surface area (Å²) in [5.41, 5.74) is 0. The number of alkyl halides is 1. The monoisotopic (exact) mass is 369 g/mol. The minimum absolute atomic E-state index is 0.526. The number of hydrogen-bond donors (Lipinski definition) is 0. The molecule has 0 aliphatic rings. The summed E-state index contributed by atoms with van der Waals surface area (Å²) in [4.78, 5) is 5.19. The lowest BCUT2D eigenvalue weighted by Crippen LogP contribution is -1.83. The van der Waals surface area contributed by atoms with Gasteiger partial charge in [-0.25, -0.2) is 4.98 Å². The zero-order valence-electron chi connectivity index (χ0n) is 7.47. The van der Waals surface area contributed by atoms with Crippen molar-refractivity contribution in [1.29, 1.82) is 0 Å². The first-order valence-electron chi connectivity index (χ1n) is 4.16. The minimum Gasteiger partial charge on any atom is -0.440 e. The molecular weight excluding hydrogens is 365 g/mol. The van der Waals surface area contributed by atoms with Crippen LogP contribution >= 0.6 is 54.8 Å². The Morgan fingerprint density at radius 3 is 2.87 bits per heavy atom. The zero-order valence-corrected chi connectivity index (χ0v) is 12.2. The fraction of sp³-hybridized carbons (Fsp3) is 0.222. The van der Waals surface area contributed by atoms with E-state index < -0.39 is 0 Å². The van der Waals surface area contributed by atoms with Crippen LogP contribution in [0.2, 0.25) is 0 Å². The van der Waals surface area contributed by atoms with Crippen LogP contribution in [0.15, 0.2) is 24.9 Å². The summed E-state index contributed by atoms with van der Waals surface area (Å²) >= 11 is 14.1. The van der Waals surface area contributed by atoms with Gasteiger partial charge >= 0.3 is 0 Å². The van der Waals surface area contributed by atoms with E-state index >= 15 is 0 Å². The van der Waals surface area contributed by atoms with Crippen molar-refractivity contribution in [3.05, 3.63) is 26.4 Å². The molecule has 0 aliphatic heterocycles. The van der Waals surface area contributed by atoms with E-state index in [1.165, 1.54) is 0 Å². The van der Waals surface area contributed by atoms with Crippen molar-refractivity contribution in [3.63, 3.8) is 0 Å². The van der Waals surface area contributed by atoms with Gasteiger partial charge in [-0.2, -0.15) is 0 Å². The Bertz CT molecular complexity index is 449. The molecule has 15 heavy (non-hydrogen) atoms. The molecule has 0 bridgehead atoms. The summed E-state index contributed by atoms with van der Waals surface area (Å²) in [5.74, 6) is 1.99. The van der Waals surface area contributed by atoms with Gasteiger partial charge in [0.15, 0.2) is 11.7 Å². The Morgan fingerprint density at radius 1 is 1.47 bits per heavy atom. The maximum atomic E-state index is 5.61. The van der Waals surface area contributed by atoms with Gasteiger partial charge in [0.25, 0.3) is 0 Å². The van der Waals surface area contributed by atoms with Gasteiger partial charge in [0.2, 0.25) is 0 Å². The van der Waals surface area contributed by atoms with Gasteiger partial charge in [0, 0.05) is 16.8 Å². The molecule has 80 valence electrons. The van der Waals surface area contributed by atoms with Crippen LogP contribution in [0.3, 0.4) is 0 Å². The highest BCUT2D eigenvalue weighted by Crippen LogP contribution is 2.38. The standard InChI is InChI=1S/C9H6Br2ClNOS/c10-5-3-7(15-9(5)11)6-4-13-8(14-6)1-2-12/h3-4H,1-2H2. The Balaban J connectivity index is 2.28. The van der Waals surface area contributed by atoms with Crippen molar-refractivity contribution in [3.8, 4) is 10.6 Å². The number of rotatable bonds is 3. The van der Waals surface area contributed by atoms with Crippen LogP contribution in [0.1, 0.15) is 5.89 Å². The highest BCUT2D eigenvalue weighted by Gasteiger charge is 2.11. The van der Waals surface area contributed by atoms with E-state index in [0.717, 1.165) is 18.9 Å². The van der Waals surface area contributed by atoms with E-state index in [-0.39, 0.29) is 0 Å². The largest absolute Gasteiger partial charge is 0.440 e. The van der Waals surface area contributed by atoms with Crippen molar-refractivity contribution in [2.45, 2.75) is 6.42 Å². The van der Waals surface area contributed by atoms with Crippen LogP contribution in [-0.4, -0.2) is 10.9 Å². The molecule has 0 saturated carbocycles. The fourth-order valence-corrected chi connectivity index (χ4v) is 3.23. The van der Waals surface area contributed by atoms with Crippen LogP contribution < -0.4 is 0 Å². The van der Waals surface area contributed by atoms with Crippen LogP contribution in [0.25, 0.3) is 10.6 Å². The zero-order chi connectivity index (χ0) is 10.8. The maximum Gasteiger partial charge on any atom is 0.196 e. The molecule has 0 N–H and O–H groups in total. The van der Waals surface area contributed by atoms with Crippen molar-refractivity contribution in [1.82, 2.24) is 4.98 Å². The third kappa shape index (κ3) is 2.64. The van der Waals surface area contributed by atoms with Crippen LogP contribution in [0.4, 0.5) is 0 Å². The number of halogens is 3. The first-order valence-corrected chi connectivity index (χ1v) is 7.10. The van der Waals surface area contributed by atoms with Crippen LogP contribution in [-0.2, 0) is 6.42 Å². The summed E-state index contributed by atoms with van der Waals surface area (Å²) in [6.07, 6.45) is 2.39. The quantitative estimate of drug-likeness (QED) is 0.731. The predicted molar refractivity (Wildman–Crippen MR) is 69.6 cm³/mol. The Kier molecular flexibility index (Phi) is 3.88. The predicted octanol–water partition coefficient (Wildman–Crippen LogP) is 4.71. The smallest absolute Gasteiger partial charge is 0.196 e. The first kappa shape index (κ1) is 11.6. The van der Waals surface area contributed by atoms with Crippen LogP contribution in [0, 0.1) is 0 Å². The molecule has 0 aliphatic carbocycles. The van der Waals surface area contributed by atoms with Crippen molar-refractivity contribution in [2.75, 3.05) is 5.88 Å². The Hall–Kier alpha value is 0.160. The molecule has 0 fully saturated rings. The van der Waals surface area contributed by atoms with Gasteiger partial charge in [-0.3, -0.25) is 0 Å². The van der Waals surface area contributed by atoms with E-state index in [2.05, 4.69) is 36.8 Å². The van der Waals surface area contributed by atoms with Gasteiger partial charge in [-0.1, -0.05) is 0 Å². The molecule has 0 spiro atoms. The summed E-state index contributed by atoms with van der Waals surface area (Å²) in [6.45, 7) is 0. The molecule has 0 aromatic carbocycles. The SMILES string of the molecule is ClCCc1ncc(-c2cc(Br)c(Br)s2)o1. The van der Waals surface area contributed by atoms with E-state index in [4.69, 9.17) is 16.0 Å². The summed E-state index contributed by atoms with van der Waals surface area (Å²) in [6, 6.07) is 2.00. The van der Waals surface area contributed by atoms with Gasteiger partial charge in [-0.05, 0) is 37.9 Å². The van der Waals surface area contributed by atoms with Crippen LogP contribution in [0.5, 0.6) is 0 Å². The lowest BCUT2D eigenvalue weighted by atomic mass is 10.4. The van der Waals surface area contributed by atoms with Gasteiger partial charge in [0.05, 0.1) is 14.9 Å². The van der Waals surface area contributed by atoms with Gasteiger partial charge < -0.3 is 4.42 Å². The highest BCUT2D eigenvalue weighted by molar-refractivity contribution is 9.13. The van der Waals surface area contributed by atoms with Crippen molar-refractivity contribution >= 4 is 54.8 Å². The normalized spacial score (nSPS) is 10.9. The minimum atomic E-state index is 0.526. The molecule has 2 nitrogen and oxygen atoms in total. The molecule has 2 rings (SSSR count). The molecular formula is C9H6Br2ClNOS. The van der Waals surface area contributed by atoms with Gasteiger partial charge in [0.1, 0.15) is 0 Å². The molecule has 0 saturated heterocycles. The maximum absolute atomic E-state index is 5.61. The highest BCUT2D eigenvalue weighted by atomic mass is 79.9. The molecule has 2 heterocycles. The molecule has 6 heteroatoms. The fourth-order valence-electron chi connectivity index (χ4n) is 1.09. The van der Waals surface area contributed by atoms with Crippen molar-refractivity contribution in [2.24, 2.45) is 0 Å². The molecule has 0 unspecified atom stereocenters. The number of oxazole rings is 1. The summed E-state index contributed by atoms with van der Waals surface area (Å²) < 4.78 is 7.63. The van der Waals surface area contributed by atoms with E-state index in [9.17, 15) is 0 Å².